The Bertz CT molecular complexity index is 296. The molecule has 84 valence electrons. The summed E-state index contributed by atoms with van der Waals surface area (Å²) in [6, 6.07) is 0. The molecule has 0 aliphatic rings. The molecule has 0 aromatic rings. The van der Waals surface area contributed by atoms with Gasteiger partial charge in [-0.1, -0.05) is 0 Å². The Morgan fingerprint density at radius 3 is 2.29 bits per heavy atom. The lowest BCUT2D eigenvalue weighted by Gasteiger charge is -2.22. The second kappa shape index (κ2) is 4.75. The third-order valence-electron chi connectivity index (χ3n) is 2.10. The third-order valence-corrected chi connectivity index (χ3v) is 4.25. The molecule has 5 nitrogen and oxygen atoms in total. The molecule has 6 heteroatoms. The highest BCUT2D eigenvalue weighted by Gasteiger charge is 2.29. The van der Waals surface area contributed by atoms with E-state index >= 15 is 0 Å². The molecule has 3 N–H and O–H groups in total. The molecule has 0 aromatic carbocycles. The van der Waals surface area contributed by atoms with Gasteiger partial charge in [-0.15, -0.1) is 0 Å². The van der Waals surface area contributed by atoms with Crippen LogP contribution in [-0.2, 0) is 14.6 Å². The molecule has 0 unspecified atom stereocenters. The molecule has 0 radical (unpaired) electrons. The van der Waals surface area contributed by atoms with Crippen LogP contribution in [0.15, 0.2) is 0 Å². The zero-order chi connectivity index (χ0) is 11.4. The van der Waals surface area contributed by atoms with Gasteiger partial charge in [-0.25, -0.2) is 8.42 Å². The van der Waals surface area contributed by atoms with Crippen molar-refractivity contribution in [1.82, 2.24) is 5.32 Å². The highest BCUT2D eigenvalue weighted by Crippen LogP contribution is 2.12. The number of amides is 1. The first-order valence-corrected chi connectivity index (χ1v) is 6.24. The summed E-state index contributed by atoms with van der Waals surface area (Å²) in [5, 5.41) is 2.88. The molecule has 0 aliphatic carbocycles. The van der Waals surface area contributed by atoms with Gasteiger partial charge < -0.3 is 11.1 Å². The summed E-state index contributed by atoms with van der Waals surface area (Å²) in [5.74, 6) is -0.394. The van der Waals surface area contributed by atoms with Crippen molar-refractivity contribution < 1.29 is 13.2 Å². The van der Waals surface area contributed by atoms with Crippen LogP contribution in [0.4, 0.5) is 0 Å². The van der Waals surface area contributed by atoms with Crippen LogP contribution < -0.4 is 11.1 Å². The van der Waals surface area contributed by atoms with Gasteiger partial charge in [0, 0.05) is 25.8 Å². The van der Waals surface area contributed by atoms with Crippen LogP contribution >= 0.6 is 0 Å². The van der Waals surface area contributed by atoms with E-state index in [2.05, 4.69) is 5.32 Å². The zero-order valence-electron chi connectivity index (χ0n) is 8.83. The second-order valence-corrected chi connectivity index (χ2v) is 6.57. The minimum absolute atomic E-state index is 0.222. The van der Waals surface area contributed by atoms with E-state index in [0.29, 0.717) is 13.1 Å². The highest BCUT2D eigenvalue weighted by molar-refractivity contribution is 7.92. The molecule has 0 aromatic heterocycles. The maximum Gasteiger partial charge on any atom is 0.218 e. The molecule has 0 bridgehead atoms. The number of rotatable bonds is 6. The average molecular weight is 222 g/mol. The van der Waals surface area contributed by atoms with Crippen LogP contribution in [0.1, 0.15) is 20.3 Å². The Morgan fingerprint density at radius 2 is 1.93 bits per heavy atom. The molecule has 0 atom stereocenters. The van der Waals surface area contributed by atoms with Gasteiger partial charge in [0.1, 0.15) is 0 Å². The summed E-state index contributed by atoms with van der Waals surface area (Å²) in [5.41, 5.74) is 4.93. The summed E-state index contributed by atoms with van der Waals surface area (Å²) in [7, 11) is -3.08. The molecular formula is C8H18N2O3S. The number of nitrogens with one attached hydrogen (secondary N) is 1. The maximum atomic E-state index is 11.2. The standard InChI is InChI=1S/C8H18N2O3S/c1-8(2,14(3,12)13)6-10-5-4-7(9)11/h10H,4-6H2,1-3H3,(H2,9,11). The van der Waals surface area contributed by atoms with E-state index in [-0.39, 0.29) is 6.42 Å². The van der Waals surface area contributed by atoms with Crippen molar-refractivity contribution in [1.29, 1.82) is 0 Å². The quantitative estimate of drug-likeness (QED) is 0.580. The van der Waals surface area contributed by atoms with E-state index in [4.69, 9.17) is 5.73 Å². The fraction of sp³-hybridized carbons (Fsp3) is 0.875. The number of hydrogen-bond acceptors (Lipinski definition) is 4. The third kappa shape index (κ3) is 4.57. The Hall–Kier alpha value is -0.620. The topological polar surface area (TPSA) is 89.3 Å². The highest BCUT2D eigenvalue weighted by atomic mass is 32.2. The van der Waals surface area contributed by atoms with Gasteiger partial charge in [0.15, 0.2) is 9.84 Å². The Labute approximate surface area is 85.0 Å². The van der Waals surface area contributed by atoms with E-state index in [1.54, 1.807) is 13.8 Å². The summed E-state index contributed by atoms with van der Waals surface area (Å²) >= 11 is 0. The van der Waals surface area contributed by atoms with Crippen molar-refractivity contribution in [2.24, 2.45) is 5.73 Å². The van der Waals surface area contributed by atoms with E-state index in [1.807, 2.05) is 0 Å². The van der Waals surface area contributed by atoms with Crippen molar-refractivity contribution in [3.8, 4) is 0 Å². The predicted molar refractivity (Wildman–Crippen MR) is 55.6 cm³/mol. The molecule has 14 heavy (non-hydrogen) atoms. The second-order valence-electron chi connectivity index (χ2n) is 3.92. The van der Waals surface area contributed by atoms with E-state index in [0.717, 1.165) is 0 Å². The number of hydrogen-bond donors (Lipinski definition) is 2. The van der Waals surface area contributed by atoms with E-state index in [9.17, 15) is 13.2 Å². The lowest BCUT2D eigenvalue weighted by molar-refractivity contribution is -0.117. The molecule has 0 rings (SSSR count). The lowest BCUT2D eigenvalue weighted by Crippen LogP contribution is -2.42. The van der Waals surface area contributed by atoms with Gasteiger partial charge in [-0.3, -0.25) is 4.79 Å². The largest absolute Gasteiger partial charge is 0.370 e. The average Bonchev–Trinajstić information content (AvgIpc) is 1.95. The molecule has 0 spiro atoms. The minimum Gasteiger partial charge on any atom is -0.370 e. The maximum absolute atomic E-state index is 11.2. The van der Waals surface area contributed by atoms with Crippen molar-refractivity contribution in [2.75, 3.05) is 19.3 Å². The van der Waals surface area contributed by atoms with Gasteiger partial charge in [0.2, 0.25) is 5.91 Å². The SMILES string of the molecule is CC(C)(CNCCC(N)=O)S(C)(=O)=O. The molecule has 0 saturated carbocycles. The van der Waals surface area contributed by atoms with Crippen LogP contribution in [-0.4, -0.2) is 38.4 Å². The summed E-state index contributed by atoms with van der Waals surface area (Å²) in [4.78, 5) is 10.4. The molecule has 0 fully saturated rings. The van der Waals surface area contributed by atoms with Crippen molar-refractivity contribution in [2.45, 2.75) is 25.0 Å². The monoisotopic (exact) mass is 222 g/mol. The van der Waals surface area contributed by atoms with Crippen molar-refractivity contribution in [3.05, 3.63) is 0 Å². The summed E-state index contributed by atoms with van der Waals surface area (Å²) in [6.45, 7) is 4.01. The smallest absolute Gasteiger partial charge is 0.218 e. The van der Waals surface area contributed by atoms with Crippen molar-refractivity contribution >= 4 is 15.7 Å². The Morgan fingerprint density at radius 1 is 1.43 bits per heavy atom. The Kier molecular flexibility index (Phi) is 4.54. The van der Waals surface area contributed by atoms with Crippen LogP contribution in [0.5, 0.6) is 0 Å². The molecular weight excluding hydrogens is 204 g/mol. The number of sulfone groups is 1. The normalized spacial score (nSPS) is 12.8. The molecule has 0 saturated heterocycles. The first-order valence-electron chi connectivity index (χ1n) is 4.35. The summed E-state index contributed by atoms with van der Waals surface area (Å²) < 4.78 is 21.7. The first-order chi connectivity index (χ1) is 6.17. The van der Waals surface area contributed by atoms with Crippen LogP contribution in [0, 0.1) is 0 Å². The number of primary amides is 1. The van der Waals surface area contributed by atoms with Crippen LogP contribution in [0.3, 0.4) is 0 Å². The van der Waals surface area contributed by atoms with Gasteiger partial charge in [0.25, 0.3) is 0 Å². The van der Waals surface area contributed by atoms with Crippen LogP contribution in [0.2, 0.25) is 0 Å². The van der Waals surface area contributed by atoms with Gasteiger partial charge >= 0.3 is 0 Å². The molecule has 0 heterocycles. The van der Waals surface area contributed by atoms with Crippen molar-refractivity contribution in [3.63, 3.8) is 0 Å². The van der Waals surface area contributed by atoms with Gasteiger partial charge in [-0.2, -0.15) is 0 Å². The fourth-order valence-corrected chi connectivity index (χ4v) is 1.10. The first kappa shape index (κ1) is 13.4. The van der Waals surface area contributed by atoms with Gasteiger partial charge in [-0.05, 0) is 13.8 Å². The number of carbonyl (C=O) groups excluding carboxylic acids is 1. The van der Waals surface area contributed by atoms with E-state index < -0.39 is 20.5 Å². The predicted octanol–water partition coefficient (Wildman–Crippen LogP) is -0.725. The van der Waals surface area contributed by atoms with E-state index in [1.165, 1.54) is 6.26 Å². The Balaban J connectivity index is 3.96. The fourth-order valence-electron chi connectivity index (χ4n) is 0.732. The van der Waals surface area contributed by atoms with Crippen LogP contribution in [0.25, 0.3) is 0 Å². The zero-order valence-corrected chi connectivity index (χ0v) is 9.65. The lowest BCUT2D eigenvalue weighted by atomic mass is 10.2. The number of carbonyl (C=O) groups is 1. The number of nitrogens with two attached hydrogens (primary N) is 1. The van der Waals surface area contributed by atoms with Gasteiger partial charge in [0.05, 0.1) is 4.75 Å². The molecule has 1 amide bonds. The molecule has 0 aliphatic heterocycles. The minimum atomic E-state index is -3.08. The summed E-state index contributed by atoms with van der Waals surface area (Å²) in [6.07, 6.45) is 1.42.